The standard InChI is InChI=1S/C16H21FN4/c1-4-10-18-15-14(5-2)16(20-11-19-15)21(3)13-8-6-12(17)7-9-13/h6-9,11H,4-5,10H2,1-3H3,(H,18,19,20). The van der Waals surface area contributed by atoms with Crippen LogP contribution in [0.5, 0.6) is 0 Å². The molecule has 4 nitrogen and oxygen atoms in total. The van der Waals surface area contributed by atoms with Gasteiger partial charge < -0.3 is 10.2 Å². The molecule has 0 atom stereocenters. The highest BCUT2D eigenvalue weighted by atomic mass is 19.1. The second-order valence-corrected chi connectivity index (χ2v) is 4.84. The Morgan fingerprint density at radius 3 is 2.48 bits per heavy atom. The van der Waals surface area contributed by atoms with E-state index in [-0.39, 0.29) is 5.82 Å². The first-order chi connectivity index (χ1) is 10.2. The highest BCUT2D eigenvalue weighted by Crippen LogP contribution is 2.28. The molecule has 0 saturated carbocycles. The normalized spacial score (nSPS) is 10.5. The van der Waals surface area contributed by atoms with Crippen molar-refractivity contribution in [3.05, 3.63) is 42.0 Å². The minimum Gasteiger partial charge on any atom is -0.370 e. The molecule has 0 fully saturated rings. The largest absolute Gasteiger partial charge is 0.370 e. The lowest BCUT2D eigenvalue weighted by Gasteiger charge is -2.22. The van der Waals surface area contributed by atoms with Crippen LogP contribution in [0, 0.1) is 5.82 Å². The molecule has 0 unspecified atom stereocenters. The molecule has 2 aromatic rings. The van der Waals surface area contributed by atoms with Crippen LogP contribution in [-0.4, -0.2) is 23.6 Å². The lowest BCUT2D eigenvalue weighted by molar-refractivity contribution is 0.628. The van der Waals surface area contributed by atoms with Crippen LogP contribution >= 0.6 is 0 Å². The maximum atomic E-state index is 13.0. The van der Waals surface area contributed by atoms with E-state index in [9.17, 15) is 4.39 Å². The van der Waals surface area contributed by atoms with Gasteiger partial charge in [0.2, 0.25) is 0 Å². The first-order valence-electron chi connectivity index (χ1n) is 7.24. The third-order valence-electron chi connectivity index (χ3n) is 3.35. The predicted molar refractivity (Wildman–Crippen MR) is 84.7 cm³/mol. The molecule has 0 saturated heterocycles. The molecule has 5 heteroatoms. The third-order valence-corrected chi connectivity index (χ3v) is 3.35. The highest BCUT2D eigenvalue weighted by Gasteiger charge is 2.14. The Labute approximate surface area is 125 Å². The smallest absolute Gasteiger partial charge is 0.141 e. The maximum absolute atomic E-state index is 13.0. The van der Waals surface area contributed by atoms with Crippen LogP contribution in [-0.2, 0) is 6.42 Å². The first-order valence-corrected chi connectivity index (χ1v) is 7.24. The minimum absolute atomic E-state index is 0.240. The van der Waals surface area contributed by atoms with Crippen LogP contribution < -0.4 is 10.2 Å². The third kappa shape index (κ3) is 3.48. The summed E-state index contributed by atoms with van der Waals surface area (Å²) in [5.74, 6) is 1.48. The quantitative estimate of drug-likeness (QED) is 0.878. The molecule has 1 aromatic carbocycles. The summed E-state index contributed by atoms with van der Waals surface area (Å²) in [6.07, 6.45) is 3.43. The topological polar surface area (TPSA) is 41.1 Å². The van der Waals surface area contributed by atoms with Crippen molar-refractivity contribution in [2.24, 2.45) is 0 Å². The van der Waals surface area contributed by atoms with Gasteiger partial charge in [-0.05, 0) is 37.1 Å². The summed E-state index contributed by atoms with van der Waals surface area (Å²) in [5.41, 5.74) is 1.96. The van der Waals surface area contributed by atoms with Crippen molar-refractivity contribution >= 4 is 17.3 Å². The molecule has 1 aromatic heterocycles. The number of hydrogen-bond acceptors (Lipinski definition) is 4. The van der Waals surface area contributed by atoms with Gasteiger partial charge in [0.05, 0.1) is 0 Å². The summed E-state index contributed by atoms with van der Waals surface area (Å²) in [6, 6.07) is 6.40. The SMILES string of the molecule is CCCNc1ncnc(N(C)c2ccc(F)cc2)c1CC. The highest BCUT2D eigenvalue weighted by molar-refractivity contribution is 5.66. The number of aromatic nitrogens is 2. The van der Waals surface area contributed by atoms with Gasteiger partial charge in [0.25, 0.3) is 0 Å². The Morgan fingerprint density at radius 2 is 1.86 bits per heavy atom. The fraction of sp³-hybridized carbons (Fsp3) is 0.375. The Kier molecular flexibility index (Phi) is 5.09. The summed E-state index contributed by atoms with van der Waals surface area (Å²) < 4.78 is 13.0. The molecule has 2 rings (SSSR count). The van der Waals surface area contributed by atoms with E-state index in [4.69, 9.17) is 0 Å². The van der Waals surface area contributed by atoms with Crippen LogP contribution in [0.1, 0.15) is 25.8 Å². The zero-order chi connectivity index (χ0) is 15.2. The Morgan fingerprint density at radius 1 is 1.14 bits per heavy atom. The number of rotatable bonds is 6. The van der Waals surface area contributed by atoms with Gasteiger partial charge in [-0.3, -0.25) is 0 Å². The van der Waals surface area contributed by atoms with E-state index < -0.39 is 0 Å². The molecule has 0 aliphatic heterocycles. The van der Waals surface area contributed by atoms with Crippen molar-refractivity contribution in [2.45, 2.75) is 26.7 Å². The summed E-state index contributed by atoms with van der Waals surface area (Å²) >= 11 is 0. The van der Waals surface area contributed by atoms with Crippen LogP contribution in [0.15, 0.2) is 30.6 Å². The zero-order valence-corrected chi connectivity index (χ0v) is 12.7. The average Bonchev–Trinajstić information content (AvgIpc) is 2.52. The number of nitrogens with zero attached hydrogens (tertiary/aromatic N) is 3. The van der Waals surface area contributed by atoms with Gasteiger partial charge in [-0.25, -0.2) is 14.4 Å². The van der Waals surface area contributed by atoms with Crippen LogP contribution in [0.3, 0.4) is 0 Å². The van der Waals surface area contributed by atoms with Crippen molar-refractivity contribution in [2.75, 3.05) is 23.8 Å². The number of hydrogen-bond donors (Lipinski definition) is 1. The Bertz CT molecular complexity index is 583. The molecular weight excluding hydrogens is 267 g/mol. The van der Waals surface area contributed by atoms with Gasteiger partial charge in [-0.1, -0.05) is 13.8 Å². The minimum atomic E-state index is -0.240. The number of benzene rings is 1. The van der Waals surface area contributed by atoms with Gasteiger partial charge in [-0.2, -0.15) is 0 Å². The molecule has 1 N–H and O–H groups in total. The molecule has 1 heterocycles. The van der Waals surface area contributed by atoms with E-state index in [1.54, 1.807) is 18.5 Å². The monoisotopic (exact) mass is 288 g/mol. The van der Waals surface area contributed by atoms with E-state index >= 15 is 0 Å². The molecule has 0 amide bonds. The molecule has 0 spiro atoms. The second-order valence-electron chi connectivity index (χ2n) is 4.84. The van der Waals surface area contributed by atoms with Crippen molar-refractivity contribution < 1.29 is 4.39 Å². The van der Waals surface area contributed by atoms with Crippen molar-refractivity contribution in [1.82, 2.24) is 9.97 Å². The molecule has 0 radical (unpaired) electrons. The van der Waals surface area contributed by atoms with E-state index in [1.807, 2.05) is 11.9 Å². The number of anilines is 3. The molecule has 0 bridgehead atoms. The summed E-state index contributed by atoms with van der Waals surface area (Å²) in [5, 5.41) is 3.33. The Hall–Kier alpha value is -2.17. The summed E-state index contributed by atoms with van der Waals surface area (Å²) in [4.78, 5) is 10.7. The number of halogens is 1. The molecule has 112 valence electrons. The molecular formula is C16H21FN4. The van der Waals surface area contributed by atoms with Crippen molar-refractivity contribution in [3.63, 3.8) is 0 Å². The van der Waals surface area contributed by atoms with E-state index in [0.29, 0.717) is 0 Å². The summed E-state index contributed by atoms with van der Waals surface area (Å²) in [6.45, 7) is 5.08. The fourth-order valence-corrected chi connectivity index (χ4v) is 2.20. The van der Waals surface area contributed by atoms with Crippen molar-refractivity contribution in [1.29, 1.82) is 0 Å². The van der Waals surface area contributed by atoms with Gasteiger partial charge in [-0.15, -0.1) is 0 Å². The average molecular weight is 288 g/mol. The van der Waals surface area contributed by atoms with E-state index in [2.05, 4.69) is 29.1 Å². The Balaban J connectivity index is 2.35. The van der Waals surface area contributed by atoms with Crippen LogP contribution in [0.4, 0.5) is 21.7 Å². The van der Waals surface area contributed by atoms with Gasteiger partial charge in [0.1, 0.15) is 23.8 Å². The molecule has 21 heavy (non-hydrogen) atoms. The van der Waals surface area contributed by atoms with Crippen LogP contribution in [0.2, 0.25) is 0 Å². The van der Waals surface area contributed by atoms with Gasteiger partial charge in [0, 0.05) is 24.8 Å². The van der Waals surface area contributed by atoms with Gasteiger partial charge in [0.15, 0.2) is 0 Å². The van der Waals surface area contributed by atoms with E-state index in [0.717, 1.165) is 42.3 Å². The van der Waals surface area contributed by atoms with Crippen LogP contribution in [0.25, 0.3) is 0 Å². The number of nitrogens with one attached hydrogen (secondary N) is 1. The lowest BCUT2D eigenvalue weighted by Crippen LogP contribution is -2.16. The first kappa shape index (κ1) is 15.2. The second kappa shape index (κ2) is 7.02. The predicted octanol–water partition coefficient (Wildman–Crippen LogP) is 3.77. The fourth-order valence-electron chi connectivity index (χ4n) is 2.20. The lowest BCUT2D eigenvalue weighted by atomic mass is 10.2. The van der Waals surface area contributed by atoms with Crippen molar-refractivity contribution in [3.8, 4) is 0 Å². The molecule has 0 aliphatic rings. The zero-order valence-electron chi connectivity index (χ0n) is 12.7. The van der Waals surface area contributed by atoms with Gasteiger partial charge >= 0.3 is 0 Å². The maximum Gasteiger partial charge on any atom is 0.141 e. The van der Waals surface area contributed by atoms with E-state index in [1.165, 1.54) is 12.1 Å². The summed E-state index contributed by atoms with van der Waals surface area (Å²) in [7, 11) is 1.93. The molecule has 0 aliphatic carbocycles.